The second-order valence-electron chi connectivity index (χ2n) is 5.11. The molecule has 2 amide bonds. The molecule has 0 bridgehead atoms. The molecule has 1 atom stereocenters. The van der Waals surface area contributed by atoms with Crippen LogP contribution in [0.2, 0.25) is 0 Å². The highest BCUT2D eigenvalue weighted by molar-refractivity contribution is 5.87. The lowest BCUT2D eigenvalue weighted by molar-refractivity contribution is -0.148. The van der Waals surface area contributed by atoms with Crippen LogP contribution in [0.4, 0.5) is 4.79 Å². The molecule has 1 fully saturated rings. The van der Waals surface area contributed by atoms with Gasteiger partial charge in [-0.25, -0.2) is 9.59 Å². The quantitative estimate of drug-likeness (QED) is 0.807. The first kappa shape index (κ1) is 16.3. The topological polar surface area (TPSA) is 84.6 Å². The van der Waals surface area contributed by atoms with Gasteiger partial charge in [-0.05, 0) is 26.2 Å². The highest BCUT2D eigenvalue weighted by Crippen LogP contribution is 2.34. The number of likely N-dealkylation sites (tertiary alicyclic amines) is 1. The van der Waals surface area contributed by atoms with Gasteiger partial charge in [-0.1, -0.05) is 13.3 Å². The number of aliphatic carboxylic acids is 1. The van der Waals surface area contributed by atoms with Crippen molar-refractivity contribution in [2.45, 2.75) is 51.5 Å². The normalized spacial score (nSPS) is 21.6. The van der Waals surface area contributed by atoms with Crippen molar-refractivity contribution in [1.82, 2.24) is 9.80 Å². The van der Waals surface area contributed by atoms with Crippen molar-refractivity contribution in [2.24, 2.45) is 0 Å². The van der Waals surface area contributed by atoms with Crippen LogP contribution < -0.4 is 0 Å². The summed E-state index contributed by atoms with van der Waals surface area (Å²) >= 11 is 0. The lowest BCUT2D eigenvalue weighted by Crippen LogP contribution is -2.56. The summed E-state index contributed by atoms with van der Waals surface area (Å²) < 4.78 is 0. The summed E-state index contributed by atoms with van der Waals surface area (Å²) in [4.78, 5) is 27.3. The lowest BCUT2D eigenvalue weighted by Gasteiger charge is -2.37. The van der Waals surface area contributed by atoms with Gasteiger partial charge in [-0.2, -0.15) is 5.26 Å². The van der Waals surface area contributed by atoms with Crippen LogP contribution >= 0.6 is 0 Å². The minimum absolute atomic E-state index is 0.254. The van der Waals surface area contributed by atoms with Crippen LogP contribution in [-0.4, -0.2) is 52.1 Å². The minimum atomic E-state index is -1.06. The van der Waals surface area contributed by atoms with E-state index in [1.54, 1.807) is 4.90 Å². The number of hydrogen-bond donors (Lipinski definition) is 1. The minimum Gasteiger partial charge on any atom is -0.479 e. The van der Waals surface area contributed by atoms with Gasteiger partial charge < -0.3 is 14.9 Å². The number of carboxylic acid groups (broad SMARTS) is 1. The number of carbonyl (C=O) groups is 2. The van der Waals surface area contributed by atoms with Gasteiger partial charge in [0.25, 0.3) is 0 Å². The molecule has 0 aromatic heterocycles. The maximum absolute atomic E-state index is 12.6. The first-order valence-corrected chi connectivity index (χ1v) is 7.20. The van der Waals surface area contributed by atoms with E-state index in [9.17, 15) is 14.7 Å². The Kier molecular flexibility index (Phi) is 5.81. The Morgan fingerprint density at radius 3 is 2.65 bits per heavy atom. The SMILES string of the molecule is CCCC1(C(=O)O)CCCN1C(=O)N(CC)CCC#N. The molecule has 1 aliphatic heterocycles. The van der Waals surface area contributed by atoms with E-state index in [1.807, 2.05) is 19.9 Å². The fourth-order valence-electron chi connectivity index (χ4n) is 2.90. The number of nitriles is 1. The zero-order valence-corrected chi connectivity index (χ0v) is 12.3. The Bertz CT molecular complexity index is 405. The molecule has 0 aromatic carbocycles. The largest absolute Gasteiger partial charge is 0.479 e. The van der Waals surface area contributed by atoms with Gasteiger partial charge in [-0.3, -0.25) is 0 Å². The Balaban J connectivity index is 2.94. The van der Waals surface area contributed by atoms with Crippen molar-refractivity contribution in [3.63, 3.8) is 0 Å². The Morgan fingerprint density at radius 1 is 1.45 bits per heavy atom. The third-order valence-corrected chi connectivity index (χ3v) is 3.93. The predicted octanol–water partition coefficient (Wildman–Crippen LogP) is 2.06. The number of rotatable bonds is 6. The summed E-state index contributed by atoms with van der Waals surface area (Å²) in [5.41, 5.74) is -1.06. The molecule has 1 unspecified atom stereocenters. The van der Waals surface area contributed by atoms with Crippen molar-refractivity contribution in [2.75, 3.05) is 19.6 Å². The van der Waals surface area contributed by atoms with Gasteiger partial charge in [0.15, 0.2) is 0 Å². The van der Waals surface area contributed by atoms with Crippen molar-refractivity contribution >= 4 is 12.0 Å². The zero-order valence-electron chi connectivity index (χ0n) is 12.3. The second-order valence-corrected chi connectivity index (χ2v) is 5.11. The first-order valence-electron chi connectivity index (χ1n) is 7.20. The fourth-order valence-corrected chi connectivity index (χ4v) is 2.90. The summed E-state index contributed by atoms with van der Waals surface area (Å²) in [5.74, 6) is -0.915. The van der Waals surface area contributed by atoms with E-state index < -0.39 is 11.5 Å². The highest BCUT2D eigenvalue weighted by atomic mass is 16.4. The van der Waals surface area contributed by atoms with Crippen LogP contribution in [0.5, 0.6) is 0 Å². The van der Waals surface area contributed by atoms with E-state index in [2.05, 4.69) is 0 Å². The molecule has 1 N–H and O–H groups in total. The molecular formula is C14H23N3O3. The smallest absolute Gasteiger partial charge is 0.329 e. The molecule has 6 nitrogen and oxygen atoms in total. The Morgan fingerprint density at radius 2 is 2.15 bits per heavy atom. The summed E-state index contributed by atoms with van der Waals surface area (Å²) in [6.45, 7) is 5.09. The number of amides is 2. The molecular weight excluding hydrogens is 258 g/mol. The molecule has 0 spiro atoms. The number of carboxylic acids is 1. The van der Waals surface area contributed by atoms with Gasteiger partial charge in [0.05, 0.1) is 12.5 Å². The fraction of sp³-hybridized carbons (Fsp3) is 0.786. The summed E-state index contributed by atoms with van der Waals surface area (Å²) in [5, 5.41) is 18.2. The van der Waals surface area contributed by atoms with Crippen LogP contribution in [-0.2, 0) is 4.79 Å². The Hall–Kier alpha value is -1.77. The summed E-state index contributed by atoms with van der Waals surface area (Å²) in [6.07, 6.45) is 2.69. The van der Waals surface area contributed by atoms with E-state index in [0.29, 0.717) is 38.9 Å². The summed E-state index contributed by atoms with van der Waals surface area (Å²) in [6, 6.07) is 1.76. The average Bonchev–Trinajstić information content (AvgIpc) is 2.85. The van der Waals surface area contributed by atoms with E-state index in [-0.39, 0.29) is 12.5 Å². The standard InChI is InChI=1S/C14H23N3O3/c1-3-7-14(12(18)19)8-5-11-17(14)13(20)16(4-2)10-6-9-15/h3-8,10-11H2,1-2H3,(H,18,19). The number of carbonyl (C=O) groups excluding carboxylic acids is 1. The second kappa shape index (κ2) is 7.13. The first-order chi connectivity index (χ1) is 9.53. The van der Waals surface area contributed by atoms with E-state index in [1.165, 1.54) is 4.90 Å². The van der Waals surface area contributed by atoms with Crippen LogP contribution in [0, 0.1) is 11.3 Å². The van der Waals surface area contributed by atoms with Gasteiger partial charge in [0.1, 0.15) is 5.54 Å². The molecule has 0 aromatic rings. The van der Waals surface area contributed by atoms with Crippen LogP contribution in [0.25, 0.3) is 0 Å². The molecule has 1 saturated heterocycles. The monoisotopic (exact) mass is 281 g/mol. The van der Waals surface area contributed by atoms with Crippen molar-refractivity contribution in [3.05, 3.63) is 0 Å². The third-order valence-electron chi connectivity index (χ3n) is 3.93. The molecule has 1 rings (SSSR count). The van der Waals surface area contributed by atoms with E-state index in [4.69, 9.17) is 5.26 Å². The molecule has 0 radical (unpaired) electrons. The van der Waals surface area contributed by atoms with Crippen molar-refractivity contribution in [1.29, 1.82) is 5.26 Å². The highest BCUT2D eigenvalue weighted by Gasteiger charge is 2.49. The molecule has 6 heteroatoms. The van der Waals surface area contributed by atoms with Gasteiger partial charge in [0, 0.05) is 19.6 Å². The van der Waals surface area contributed by atoms with Crippen molar-refractivity contribution in [3.8, 4) is 6.07 Å². The lowest BCUT2D eigenvalue weighted by atomic mass is 9.91. The van der Waals surface area contributed by atoms with Gasteiger partial charge in [0.2, 0.25) is 0 Å². The molecule has 112 valence electrons. The molecule has 1 aliphatic rings. The maximum atomic E-state index is 12.6. The molecule has 0 aliphatic carbocycles. The molecule has 1 heterocycles. The molecule has 0 saturated carbocycles. The number of nitrogens with zero attached hydrogens (tertiary/aromatic N) is 3. The van der Waals surface area contributed by atoms with E-state index >= 15 is 0 Å². The Labute approximate surface area is 120 Å². The zero-order chi connectivity index (χ0) is 15.2. The predicted molar refractivity (Wildman–Crippen MR) is 74.1 cm³/mol. The summed E-state index contributed by atoms with van der Waals surface area (Å²) in [7, 11) is 0. The average molecular weight is 281 g/mol. The molecule has 20 heavy (non-hydrogen) atoms. The van der Waals surface area contributed by atoms with Crippen LogP contribution in [0.3, 0.4) is 0 Å². The van der Waals surface area contributed by atoms with Crippen LogP contribution in [0.1, 0.15) is 46.0 Å². The third kappa shape index (κ3) is 3.03. The maximum Gasteiger partial charge on any atom is 0.329 e. The van der Waals surface area contributed by atoms with Crippen LogP contribution in [0.15, 0.2) is 0 Å². The number of urea groups is 1. The van der Waals surface area contributed by atoms with Gasteiger partial charge in [-0.15, -0.1) is 0 Å². The van der Waals surface area contributed by atoms with Crippen molar-refractivity contribution < 1.29 is 14.7 Å². The van der Waals surface area contributed by atoms with E-state index in [0.717, 1.165) is 6.42 Å². The number of hydrogen-bond acceptors (Lipinski definition) is 3. The van der Waals surface area contributed by atoms with Gasteiger partial charge >= 0.3 is 12.0 Å².